The molecule has 10 N–H and O–H groups in total. The van der Waals surface area contributed by atoms with Crippen molar-refractivity contribution >= 4 is 0 Å². The Bertz CT molecular complexity index is 127. The highest BCUT2D eigenvalue weighted by molar-refractivity contribution is 4.50. The van der Waals surface area contributed by atoms with Crippen molar-refractivity contribution in [2.45, 2.75) is 70.6 Å². The van der Waals surface area contributed by atoms with Crippen molar-refractivity contribution in [1.82, 2.24) is 55.1 Å². The Morgan fingerprint density at radius 3 is 0.870 bits per heavy atom. The van der Waals surface area contributed by atoms with Gasteiger partial charge in [0.1, 0.15) is 0 Å². The molecule has 1 aliphatic rings. The molecule has 0 bridgehead atoms. The van der Waals surface area contributed by atoms with E-state index in [4.69, 9.17) is 0 Å². The molecular weight excluding hydrogens is 296 g/mol. The third-order valence-electron chi connectivity index (χ3n) is 3.72. The summed E-state index contributed by atoms with van der Waals surface area (Å²) in [5.41, 5.74) is 28.1. The van der Waals surface area contributed by atoms with Crippen LogP contribution in [0.25, 0.3) is 0 Å². The van der Waals surface area contributed by atoms with Gasteiger partial charge in [-0.15, -0.1) is 0 Å². The molecule has 0 unspecified atom stereocenters. The number of hydrazine groups is 9. The first-order chi connectivity index (χ1) is 11.5. The van der Waals surface area contributed by atoms with Crippen LogP contribution in [-0.4, -0.2) is 13.1 Å². The topological polar surface area (TPSA) is 120 Å². The van der Waals surface area contributed by atoms with E-state index in [1.807, 2.05) is 0 Å². The minimum Gasteiger partial charge on any atom is -0.243 e. The Balaban J connectivity index is 2.00. The van der Waals surface area contributed by atoms with E-state index in [2.05, 4.69) is 55.1 Å². The summed E-state index contributed by atoms with van der Waals surface area (Å²) in [4.78, 5) is 0. The van der Waals surface area contributed by atoms with Gasteiger partial charge >= 0.3 is 0 Å². The lowest BCUT2D eigenvalue weighted by Crippen LogP contribution is -2.65. The van der Waals surface area contributed by atoms with Gasteiger partial charge in [-0.3, -0.25) is 0 Å². The molecule has 23 heavy (non-hydrogen) atoms. The fraction of sp³-hybridized carbons (Fsp3) is 1.00. The Labute approximate surface area is 139 Å². The van der Waals surface area contributed by atoms with Crippen molar-refractivity contribution in [3.05, 3.63) is 0 Å². The van der Waals surface area contributed by atoms with Gasteiger partial charge in [0, 0.05) is 13.1 Å². The number of nitrogens with one attached hydrogen (secondary N) is 10. The van der Waals surface area contributed by atoms with Gasteiger partial charge in [0.05, 0.1) is 0 Å². The molecule has 0 aromatic carbocycles. The highest BCUT2D eigenvalue weighted by Gasteiger charge is 1.94. The highest BCUT2D eigenvalue weighted by atomic mass is 15.9. The predicted octanol–water partition coefficient (Wildman–Crippen LogP) is -0.578. The molecular formula is C13H36N10. The molecule has 10 nitrogen and oxygen atoms in total. The molecule has 1 aliphatic heterocycles. The van der Waals surface area contributed by atoms with Crippen molar-refractivity contribution < 1.29 is 0 Å². The van der Waals surface area contributed by atoms with E-state index < -0.39 is 0 Å². The third kappa shape index (κ3) is 16.2. The summed E-state index contributed by atoms with van der Waals surface area (Å²) in [7, 11) is 0. The normalized spacial score (nSPS) is 24.0. The summed E-state index contributed by atoms with van der Waals surface area (Å²) >= 11 is 0. The minimum absolute atomic E-state index is 0.942. The van der Waals surface area contributed by atoms with Crippen LogP contribution in [0.5, 0.6) is 0 Å². The summed E-state index contributed by atoms with van der Waals surface area (Å²) in [6.45, 7) is 1.88. The van der Waals surface area contributed by atoms with E-state index in [0.717, 1.165) is 13.1 Å². The molecule has 10 heteroatoms. The van der Waals surface area contributed by atoms with Crippen LogP contribution in [0.2, 0.25) is 0 Å². The zero-order valence-electron chi connectivity index (χ0n) is 14.2. The van der Waals surface area contributed by atoms with Crippen LogP contribution in [0.4, 0.5) is 0 Å². The first-order valence-electron chi connectivity index (χ1n) is 8.96. The third-order valence-corrected chi connectivity index (χ3v) is 3.72. The van der Waals surface area contributed by atoms with Gasteiger partial charge in [-0.1, -0.05) is 57.8 Å². The summed E-state index contributed by atoms with van der Waals surface area (Å²) in [5.74, 6) is 0. The molecule has 0 spiro atoms. The van der Waals surface area contributed by atoms with Crippen LogP contribution in [-0.2, 0) is 0 Å². The van der Waals surface area contributed by atoms with Crippen molar-refractivity contribution in [1.29, 1.82) is 0 Å². The summed E-state index contributed by atoms with van der Waals surface area (Å²) in [6.07, 6.45) is 14.6. The zero-order valence-corrected chi connectivity index (χ0v) is 14.2. The molecule has 138 valence electrons. The second kappa shape index (κ2) is 17.9. The molecule has 0 radical (unpaired) electrons. The lowest BCUT2D eigenvalue weighted by atomic mass is 10.1. The molecule has 0 aliphatic carbocycles. The van der Waals surface area contributed by atoms with Crippen molar-refractivity contribution in [3.63, 3.8) is 0 Å². The molecule has 1 saturated heterocycles. The average Bonchev–Trinajstić information content (AvgIpc) is 2.56. The maximum atomic E-state index is 3.08. The first-order valence-corrected chi connectivity index (χ1v) is 8.96. The van der Waals surface area contributed by atoms with E-state index in [9.17, 15) is 0 Å². The maximum absolute atomic E-state index is 3.08. The monoisotopic (exact) mass is 332 g/mol. The second-order valence-electron chi connectivity index (χ2n) is 5.74. The van der Waals surface area contributed by atoms with Gasteiger partial charge in [-0.05, 0) is 12.8 Å². The fourth-order valence-electron chi connectivity index (χ4n) is 2.42. The van der Waals surface area contributed by atoms with Crippen molar-refractivity contribution in [3.8, 4) is 0 Å². The van der Waals surface area contributed by atoms with Gasteiger partial charge in [-0.2, -0.15) is 44.3 Å². The Kier molecular flexibility index (Phi) is 16.1. The van der Waals surface area contributed by atoms with Crippen LogP contribution in [0, 0.1) is 0 Å². The van der Waals surface area contributed by atoms with Gasteiger partial charge in [0.25, 0.3) is 0 Å². The fourth-order valence-corrected chi connectivity index (χ4v) is 2.42. The summed E-state index contributed by atoms with van der Waals surface area (Å²) < 4.78 is 0. The van der Waals surface area contributed by atoms with E-state index >= 15 is 0 Å². The maximum Gasteiger partial charge on any atom is 0.0113 e. The van der Waals surface area contributed by atoms with Crippen LogP contribution in [0.1, 0.15) is 70.6 Å². The van der Waals surface area contributed by atoms with Crippen LogP contribution in [0.3, 0.4) is 0 Å². The van der Waals surface area contributed by atoms with E-state index in [1.165, 1.54) is 70.6 Å². The minimum atomic E-state index is 0.942. The number of rotatable bonds is 0. The standard InChI is InChI=1S/C13H36N10/c1-2-4-6-8-10-12-14-16-18-20-22-23-21-19-17-15-13-11-9-7-5-3-1/h14-23H,1-13H2. The number of hydrogen-bond acceptors (Lipinski definition) is 10. The van der Waals surface area contributed by atoms with Gasteiger partial charge < -0.3 is 0 Å². The van der Waals surface area contributed by atoms with Gasteiger partial charge in [0.15, 0.2) is 0 Å². The van der Waals surface area contributed by atoms with Crippen LogP contribution < -0.4 is 55.1 Å². The van der Waals surface area contributed by atoms with Gasteiger partial charge in [-0.25, -0.2) is 10.9 Å². The molecule has 0 amide bonds. The number of hydrogen-bond donors (Lipinski definition) is 10. The largest absolute Gasteiger partial charge is 0.243 e. The Morgan fingerprint density at radius 1 is 0.261 bits per heavy atom. The first kappa shape index (κ1) is 20.6. The molecule has 1 heterocycles. The van der Waals surface area contributed by atoms with E-state index in [-0.39, 0.29) is 0 Å². The molecule has 0 saturated carbocycles. The van der Waals surface area contributed by atoms with Gasteiger partial charge in [0.2, 0.25) is 0 Å². The Morgan fingerprint density at radius 2 is 0.522 bits per heavy atom. The second-order valence-corrected chi connectivity index (χ2v) is 5.74. The van der Waals surface area contributed by atoms with Crippen LogP contribution >= 0.6 is 0 Å². The van der Waals surface area contributed by atoms with Crippen LogP contribution in [0.15, 0.2) is 0 Å². The van der Waals surface area contributed by atoms with Crippen molar-refractivity contribution in [2.24, 2.45) is 0 Å². The van der Waals surface area contributed by atoms with E-state index in [0.29, 0.717) is 0 Å². The highest BCUT2D eigenvalue weighted by Crippen LogP contribution is 2.10. The molecule has 0 aromatic heterocycles. The quantitative estimate of drug-likeness (QED) is 0.282. The smallest absolute Gasteiger partial charge is 0.0113 e. The predicted molar refractivity (Wildman–Crippen MR) is 91.9 cm³/mol. The Hall–Kier alpha value is -0.400. The molecule has 0 atom stereocenters. The average molecular weight is 333 g/mol. The zero-order chi connectivity index (χ0) is 16.3. The lowest BCUT2D eigenvalue weighted by molar-refractivity contribution is 0.232. The summed E-state index contributed by atoms with van der Waals surface area (Å²) in [6, 6.07) is 0. The lowest BCUT2D eigenvalue weighted by Gasteiger charge is -2.13. The van der Waals surface area contributed by atoms with E-state index in [1.54, 1.807) is 0 Å². The molecule has 1 fully saturated rings. The molecule has 0 aromatic rings. The SMILES string of the molecule is C1CCCCCCNNNNNNNNNNCCCCCC1. The van der Waals surface area contributed by atoms with Crippen molar-refractivity contribution in [2.75, 3.05) is 13.1 Å². The summed E-state index contributed by atoms with van der Waals surface area (Å²) in [5, 5.41) is 0. The molecule has 1 rings (SSSR count).